The van der Waals surface area contributed by atoms with E-state index >= 15 is 0 Å². The van der Waals surface area contributed by atoms with Crippen LogP contribution in [0.1, 0.15) is 57.6 Å². The van der Waals surface area contributed by atoms with Crippen molar-refractivity contribution in [3.63, 3.8) is 0 Å². The predicted octanol–water partition coefficient (Wildman–Crippen LogP) is 4.48. The molecule has 0 aliphatic carbocycles. The third kappa shape index (κ3) is 6.42. The van der Waals surface area contributed by atoms with Gasteiger partial charge in [-0.15, -0.1) is 0 Å². The van der Waals surface area contributed by atoms with Gasteiger partial charge in [-0.1, -0.05) is 33.3 Å². The molecule has 0 aliphatic rings. The van der Waals surface area contributed by atoms with E-state index in [0.29, 0.717) is 12.0 Å². The highest BCUT2D eigenvalue weighted by Gasteiger charge is 2.05. The zero-order chi connectivity index (χ0) is 15.0. The monoisotopic (exact) mass is 277 g/mol. The van der Waals surface area contributed by atoms with E-state index in [-0.39, 0.29) is 0 Å². The third-order valence-electron chi connectivity index (χ3n) is 3.58. The van der Waals surface area contributed by atoms with Crippen molar-refractivity contribution < 1.29 is 4.74 Å². The Bertz CT molecular complexity index is 387. The van der Waals surface area contributed by atoms with Gasteiger partial charge in [-0.05, 0) is 61.8 Å². The summed E-state index contributed by atoms with van der Waals surface area (Å²) < 4.78 is 5.76. The van der Waals surface area contributed by atoms with E-state index in [9.17, 15) is 0 Å². The van der Waals surface area contributed by atoms with Crippen molar-refractivity contribution in [1.29, 1.82) is 0 Å². The van der Waals surface area contributed by atoms with E-state index < -0.39 is 0 Å². The van der Waals surface area contributed by atoms with E-state index in [1.54, 1.807) is 0 Å². The standard InChI is InChI=1S/C18H31NO/c1-5-7-17(19)9-6-8-16-10-11-18(12-15(16)4)20-13-14(2)3/h10-12,14,17H,5-9,13,19H2,1-4H3. The molecule has 1 unspecified atom stereocenters. The normalized spacial score (nSPS) is 12.7. The van der Waals surface area contributed by atoms with Crippen molar-refractivity contribution in [3.8, 4) is 5.75 Å². The van der Waals surface area contributed by atoms with Crippen molar-refractivity contribution >= 4 is 0 Å². The minimum atomic E-state index is 0.369. The fourth-order valence-electron chi connectivity index (χ4n) is 2.37. The average molecular weight is 277 g/mol. The lowest BCUT2D eigenvalue weighted by atomic mass is 9.99. The van der Waals surface area contributed by atoms with E-state index in [2.05, 4.69) is 45.9 Å². The molecule has 0 fully saturated rings. The topological polar surface area (TPSA) is 35.2 Å². The van der Waals surface area contributed by atoms with Gasteiger partial charge in [-0.2, -0.15) is 0 Å². The van der Waals surface area contributed by atoms with Crippen molar-refractivity contribution in [1.82, 2.24) is 0 Å². The summed E-state index contributed by atoms with van der Waals surface area (Å²) in [4.78, 5) is 0. The molecule has 0 heterocycles. The Morgan fingerprint density at radius 1 is 1.20 bits per heavy atom. The SMILES string of the molecule is CCCC(N)CCCc1ccc(OCC(C)C)cc1C. The zero-order valence-electron chi connectivity index (χ0n) is 13.6. The van der Waals surface area contributed by atoms with Crippen LogP contribution < -0.4 is 10.5 Å². The molecule has 0 bridgehead atoms. The Balaban J connectivity index is 2.43. The number of nitrogens with two attached hydrogens (primary N) is 1. The Labute approximate surface area is 124 Å². The Morgan fingerprint density at radius 3 is 2.55 bits per heavy atom. The lowest BCUT2D eigenvalue weighted by Gasteiger charge is -2.13. The lowest BCUT2D eigenvalue weighted by Crippen LogP contribution is -2.19. The summed E-state index contributed by atoms with van der Waals surface area (Å²) in [5.74, 6) is 1.55. The van der Waals surface area contributed by atoms with Gasteiger partial charge in [-0.25, -0.2) is 0 Å². The maximum absolute atomic E-state index is 6.06. The predicted molar refractivity (Wildman–Crippen MR) is 87.3 cm³/mol. The number of benzene rings is 1. The molecule has 2 N–H and O–H groups in total. The number of aryl methyl sites for hydroxylation is 2. The van der Waals surface area contributed by atoms with E-state index in [4.69, 9.17) is 10.5 Å². The first-order valence-corrected chi connectivity index (χ1v) is 8.00. The molecule has 0 radical (unpaired) electrons. The molecule has 0 saturated carbocycles. The lowest BCUT2D eigenvalue weighted by molar-refractivity contribution is 0.271. The molecular formula is C18H31NO. The van der Waals surface area contributed by atoms with Gasteiger partial charge in [0.05, 0.1) is 6.61 Å². The van der Waals surface area contributed by atoms with Gasteiger partial charge in [0.25, 0.3) is 0 Å². The average Bonchev–Trinajstić information content (AvgIpc) is 2.39. The summed E-state index contributed by atoms with van der Waals surface area (Å²) in [5, 5.41) is 0. The number of hydrogen-bond acceptors (Lipinski definition) is 2. The Kier molecular flexibility index (Phi) is 7.68. The summed E-state index contributed by atoms with van der Waals surface area (Å²) in [6.07, 6.45) is 5.74. The summed E-state index contributed by atoms with van der Waals surface area (Å²) >= 11 is 0. The molecule has 0 spiro atoms. The van der Waals surface area contributed by atoms with Gasteiger partial charge < -0.3 is 10.5 Å². The first-order chi connectivity index (χ1) is 9.52. The molecule has 0 saturated heterocycles. The van der Waals surface area contributed by atoms with Crippen LogP contribution in [0.4, 0.5) is 0 Å². The zero-order valence-corrected chi connectivity index (χ0v) is 13.6. The van der Waals surface area contributed by atoms with Crippen LogP contribution in [-0.4, -0.2) is 12.6 Å². The summed E-state index contributed by atoms with van der Waals surface area (Å²) in [6.45, 7) is 9.48. The molecular weight excluding hydrogens is 246 g/mol. The maximum Gasteiger partial charge on any atom is 0.119 e. The van der Waals surface area contributed by atoms with Crippen LogP contribution in [0.5, 0.6) is 5.75 Å². The first-order valence-electron chi connectivity index (χ1n) is 8.00. The van der Waals surface area contributed by atoms with Crippen LogP contribution in [0.2, 0.25) is 0 Å². The van der Waals surface area contributed by atoms with Gasteiger partial charge >= 0.3 is 0 Å². The molecule has 1 aromatic carbocycles. The van der Waals surface area contributed by atoms with Crippen LogP contribution in [0, 0.1) is 12.8 Å². The summed E-state index contributed by atoms with van der Waals surface area (Å²) in [7, 11) is 0. The fourth-order valence-corrected chi connectivity index (χ4v) is 2.37. The van der Waals surface area contributed by atoms with Crippen LogP contribution in [-0.2, 0) is 6.42 Å². The highest BCUT2D eigenvalue weighted by molar-refractivity contribution is 5.34. The second-order valence-electron chi connectivity index (χ2n) is 6.23. The van der Waals surface area contributed by atoms with Gasteiger partial charge in [-0.3, -0.25) is 0 Å². The third-order valence-corrected chi connectivity index (χ3v) is 3.58. The highest BCUT2D eigenvalue weighted by atomic mass is 16.5. The summed E-state index contributed by atoms with van der Waals surface area (Å²) in [5.41, 5.74) is 8.81. The number of rotatable bonds is 9. The Morgan fingerprint density at radius 2 is 1.95 bits per heavy atom. The molecule has 1 atom stereocenters. The van der Waals surface area contributed by atoms with Gasteiger partial charge in [0.15, 0.2) is 0 Å². The molecule has 20 heavy (non-hydrogen) atoms. The molecule has 0 aromatic heterocycles. The fraction of sp³-hybridized carbons (Fsp3) is 0.667. The van der Waals surface area contributed by atoms with E-state index in [1.165, 1.54) is 24.0 Å². The Hall–Kier alpha value is -1.02. The molecule has 0 amide bonds. The number of hydrogen-bond donors (Lipinski definition) is 1. The van der Waals surface area contributed by atoms with Gasteiger partial charge in [0.2, 0.25) is 0 Å². The highest BCUT2D eigenvalue weighted by Crippen LogP contribution is 2.20. The van der Waals surface area contributed by atoms with E-state index in [0.717, 1.165) is 31.6 Å². The van der Waals surface area contributed by atoms with Crippen molar-refractivity contribution in [2.75, 3.05) is 6.61 Å². The van der Waals surface area contributed by atoms with Crippen molar-refractivity contribution in [2.24, 2.45) is 11.7 Å². The minimum absolute atomic E-state index is 0.369. The van der Waals surface area contributed by atoms with Crippen molar-refractivity contribution in [2.45, 2.75) is 65.8 Å². The molecule has 0 aliphatic heterocycles. The molecule has 114 valence electrons. The van der Waals surface area contributed by atoms with E-state index in [1.807, 2.05) is 0 Å². The van der Waals surface area contributed by atoms with Crippen molar-refractivity contribution in [3.05, 3.63) is 29.3 Å². The largest absolute Gasteiger partial charge is 0.493 e. The number of ether oxygens (including phenoxy) is 1. The van der Waals surface area contributed by atoms with Gasteiger partial charge in [0, 0.05) is 6.04 Å². The second-order valence-corrected chi connectivity index (χ2v) is 6.23. The van der Waals surface area contributed by atoms with Gasteiger partial charge in [0.1, 0.15) is 5.75 Å². The van der Waals surface area contributed by atoms with Crippen LogP contribution in [0.3, 0.4) is 0 Å². The first kappa shape index (κ1) is 17.0. The molecule has 2 heteroatoms. The summed E-state index contributed by atoms with van der Waals surface area (Å²) in [6, 6.07) is 6.82. The quantitative estimate of drug-likeness (QED) is 0.722. The smallest absolute Gasteiger partial charge is 0.119 e. The maximum atomic E-state index is 6.06. The van der Waals surface area contributed by atoms with Crippen LogP contribution >= 0.6 is 0 Å². The van der Waals surface area contributed by atoms with Crippen LogP contribution in [0.25, 0.3) is 0 Å². The minimum Gasteiger partial charge on any atom is -0.493 e. The molecule has 1 rings (SSSR count). The molecule has 1 aromatic rings. The second kappa shape index (κ2) is 9.02. The molecule has 2 nitrogen and oxygen atoms in total. The van der Waals surface area contributed by atoms with Crippen LogP contribution in [0.15, 0.2) is 18.2 Å².